The highest BCUT2D eigenvalue weighted by atomic mass is 19.1. The van der Waals surface area contributed by atoms with Crippen molar-refractivity contribution in [1.29, 1.82) is 0 Å². The smallest absolute Gasteiger partial charge is 0.321 e. The first-order valence-electron chi connectivity index (χ1n) is 9.04. The minimum absolute atomic E-state index is 0.122. The molecule has 0 aliphatic carbocycles. The van der Waals surface area contributed by atoms with Crippen molar-refractivity contribution in [3.63, 3.8) is 0 Å². The molecule has 29 heavy (non-hydrogen) atoms. The average Bonchev–Trinajstić information content (AvgIpc) is 3.10. The van der Waals surface area contributed by atoms with E-state index in [-0.39, 0.29) is 17.4 Å². The van der Waals surface area contributed by atoms with Crippen molar-refractivity contribution in [2.45, 2.75) is 6.92 Å². The third kappa shape index (κ3) is 3.73. The van der Waals surface area contributed by atoms with Crippen LogP contribution in [0.2, 0.25) is 0 Å². The van der Waals surface area contributed by atoms with Crippen molar-refractivity contribution in [2.75, 3.05) is 11.9 Å². The number of pyridine rings is 1. The molecule has 0 spiro atoms. The summed E-state index contributed by atoms with van der Waals surface area (Å²) in [5.41, 5.74) is 3.17. The number of aromatic nitrogens is 3. The molecule has 0 aliphatic heterocycles. The molecule has 0 unspecified atom stereocenters. The number of halogens is 1. The number of hydrogen-bond donors (Lipinski definition) is 4. The van der Waals surface area contributed by atoms with Crippen molar-refractivity contribution in [1.82, 2.24) is 20.3 Å². The number of rotatable bonds is 4. The minimum atomic E-state index is -0.483. The molecule has 0 saturated carbocycles. The topological polar surface area (TPSA) is 103 Å². The fourth-order valence-corrected chi connectivity index (χ4v) is 3.11. The van der Waals surface area contributed by atoms with Gasteiger partial charge in [-0.25, -0.2) is 14.2 Å². The number of nitrogens with zero attached hydrogens (tertiary/aromatic N) is 2. The van der Waals surface area contributed by atoms with Gasteiger partial charge in [-0.05, 0) is 54.4 Å². The zero-order valence-corrected chi connectivity index (χ0v) is 15.5. The fraction of sp³-hybridized carbons (Fsp3) is 0.0952. The van der Waals surface area contributed by atoms with Crippen LogP contribution in [0, 0.1) is 5.82 Å². The molecule has 0 fully saturated rings. The normalized spacial score (nSPS) is 10.8. The molecule has 0 aliphatic rings. The Kier molecular flexibility index (Phi) is 4.82. The van der Waals surface area contributed by atoms with Crippen LogP contribution in [0.4, 0.5) is 15.1 Å². The molecule has 2 heterocycles. The predicted molar refractivity (Wildman–Crippen MR) is 109 cm³/mol. The number of carbonyl (C=O) groups excluding carboxylic acids is 1. The number of imidazole rings is 1. The van der Waals surface area contributed by atoms with E-state index in [1.54, 1.807) is 24.3 Å². The number of aromatic amines is 1. The standard InChI is InChI=1S/C21H18FN5O2/c1-2-23-21(29)27-20-25-17-11-13(12-5-3-6-14(28)9-12)10-15(19(17)26-20)18-16(22)7-4-8-24-18/h3-11,28H,2H2,1H3,(H3,23,25,26,27,29). The van der Waals surface area contributed by atoms with Crippen LogP contribution in [0.25, 0.3) is 33.4 Å². The second-order valence-corrected chi connectivity index (χ2v) is 6.37. The molecular weight excluding hydrogens is 373 g/mol. The van der Waals surface area contributed by atoms with Crippen molar-refractivity contribution in [3.8, 4) is 28.1 Å². The van der Waals surface area contributed by atoms with Crippen LogP contribution >= 0.6 is 0 Å². The van der Waals surface area contributed by atoms with Gasteiger partial charge in [0, 0.05) is 18.3 Å². The quantitative estimate of drug-likeness (QED) is 0.417. The number of hydrogen-bond acceptors (Lipinski definition) is 4. The summed E-state index contributed by atoms with van der Waals surface area (Å²) in [4.78, 5) is 23.5. The van der Waals surface area contributed by atoms with Crippen molar-refractivity contribution in [3.05, 3.63) is 60.5 Å². The van der Waals surface area contributed by atoms with Crippen LogP contribution < -0.4 is 10.6 Å². The number of fused-ring (bicyclic) bond motifs is 1. The second kappa shape index (κ2) is 7.59. The van der Waals surface area contributed by atoms with Crippen LogP contribution in [0.5, 0.6) is 5.75 Å². The number of aromatic hydroxyl groups is 1. The van der Waals surface area contributed by atoms with E-state index in [9.17, 15) is 14.3 Å². The summed E-state index contributed by atoms with van der Waals surface area (Å²) >= 11 is 0. The first-order chi connectivity index (χ1) is 14.0. The van der Waals surface area contributed by atoms with Gasteiger partial charge < -0.3 is 15.4 Å². The van der Waals surface area contributed by atoms with E-state index in [4.69, 9.17) is 0 Å². The molecule has 0 atom stereocenters. The molecule has 2 aromatic heterocycles. The molecule has 2 aromatic carbocycles. The molecule has 0 bridgehead atoms. The first-order valence-corrected chi connectivity index (χ1v) is 9.04. The van der Waals surface area contributed by atoms with Crippen LogP contribution in [-0.4, -0.2) is 32.6 Å². The molecule has 8 heteroatoms. The summed E-state index contributed by atoms with van der Waals surface area (Å²) in [5.74, 6) is -0.129. The van der Waals surface area contributed by atoms with Crippen molar-refractivity contribution < 1.29 is 14.3 Å². The Bertz CT molecular complexity index is 1200. The molecule has 146 valence electrons. The van der Waals surface area contributed by atoms with Crippen molar-refractivity contribution in [2.24, 2.45) is 0 Å². The van der Waals surface area contributed by atoms with Gasteiger partial charge in [0.2, 0.25) is 5.95 Å². The molecular formula is C21H18FN5O2. The lowest BCUT2D eigenvalue weighted by Gasteiger charge is -2.08. The molecule has 4 N–H and O–H groups in total. The monoisotopic (exact) mass is 391 g/mol. The largest absolute Gasteiger partial charge is 0.508 e. The number of nitrogens with one attached hydrogen (secondary N) is 3. The summed E-state index contributed by atoms with van der Waals surface area (Å²) in [5, 5.41) is 15.1. The molecule has 7 nitrogen and oxygen atoms in total. The number of anilines is 1. The highest BCUT2D eigenvalue weighted by Gasteiger charge is 2.17. The summed E-state index contributed by atoms with van der Waals surface area (Å²) in [6.45, 7) is 2.28. The van der Waals surface area contributed by atoms with Crippen molar-refractivity contribution >= 4 is 23.0 Å². The van der Waals surface area contributed by atoms with Gasteiger partial charge in [-0.2, -0.15) is 0 Å². The Balaban J connectivity index is 1.91. The van der Waals surface area contributed by atoms with E-state index in [1.807, 2.05) is 19.1 Å². The van der Waals surface area contributed by atoms with Gasteiger partial charge in [-0.3, -0.25) is 10.3 Å². The van der Waals surface area contributed by atoms with E-state index >= 15 is 0 Å². The minimum Gasteiger partial charge on any atom is -0.508 e. The van der Waals surface area contributed by atoms with Gasteiger partial charge in [0.25, 0.3) is 0 Å². The van der Waals surface area contributed by atoms with Gasteiger partial charge in [-0.1, -0.05) is 12.1 Å². The van der Waals surface area contributed by atoms with Gasteiger partial charge in [0.05, 0.1) is 5.52 Å². The van der Waals surface area contributed by atoms with Gasteiger partial charge >= 0.3 is 6.03 Å². The van der Waals surface area contributed by atoms with E-state index < -0.39 is 11.8 Å². The molecule has 0 radical (unpaired) electrons. The fourth-order valence-electron chi connectivity index (χ4n) is 3.11. The highest BCUT2D eigenvalue weighted by Crippen LogP contribution is 2.34. The second-order valence-electron chi connectivity index (χ2n) is 6.37. The lowest BCUT2D eigenvalue weighted by molar-refractivity contribution is 0.252. The number of urea groups is 1. The Morgan fingerprint density at radius 3 is 2.79 bits per heavy atom. The molecule has 2 amide bonds. The SMILES string of the molecule is CCNC(=O)Nc1nc2c(-c3ncccc3F)cc(-c3cccc(O)c3)cc2[nH]1. The Labute approximate surface area is 165 Å². The third-order valence-corrected chi connectivity index (χ3v) is 4.35. The summed E-state index contributed by atoms with van der Waals surface area (Å²) < 4.78 is 14.5. The Hall–Kier alpha value is -3.94. The summed E-state index contributed by atoms with van der Waals surface area (Å²) in [6.07, 6.45) is 1.51. The molecule has 0 saturated heterocycles. The number of carbonyl (C=O) groups is 1. The van der Waals surface area contributed by atoms with Crippen LogP contribution in [-0.2, 0) is 0 Å². The summed E-state index contributed by atoms with van der Waals surface area (Å²) in [7, 11) is 0. The summed E-state index contributed by atoms with van der Waals surface area (Å²) in [6, 6.07) is 12.8. The van der Waals surface area contributed by atoms with E-state index in [0.717, 1.165) is 11.1 Å². The van der Waals surface area contributed by atoms with Gasteiger partial charge in [-0.15, -0.1) is 0 Å². The van der Waals surface area contributed by atoms with E-state index in [2.05, 4.69) is 25.6 Å². The van der Waals surface area contributed by atoms with E-state index in [0.29, 0.717) is 23.1 Å². The maximum Gasteiger partial charge on any atom is 0.321 e. The zero-order valence-electron chi connectivity index (χ0n) is 15.5. The van der Waals surface area contributed by atoms with Crippen LogP contribution in [0.3, 0.4) is 0 Å². The van der Waals surface area contributed by atoms with Gasteiger partial charge in [0.15, 0.2) is 0 Å². The highest BCUT2D eigenvalue weighted by molar-refractivity contribution is 5.98. The molecule has 4 aromatic rings. The van der Waals surface area contributed by atoms with Gasteiger partial charge in [0.1, 0.15) is 22.8 Å². The Morgan fingerprint density at radius 2 is 2.03 bits per heavy atom. The lowest BCUT2D eigenvalue weighted by atomic mass is 9.99. The maximum absolute atomic E-state index is 14.5. The van der Waals surface area contributed by atoms with Crippen LogP contribution in [0.15, 0.2) is 54.7 Å². The number of H-pyrrole nitrogens is 1. The lowest BCUT2D eigenvalue weighted by Crippen LogP contribution is -2.28. The maximum atomic E-state index is 14.5. The average molecular weight is 391 g/mol. The zero-order chi connectivity index (χ0) is 20.4. The predicted octanol–water partition coefficient (Wildman–Crippen LogP) is 4.28. The first kappa shape index (κ1) is 18.4. The third-order valence-electron chi connectivity index (χ3n) is 4.35. The Morgan fingerprint density at radius 1 is 1.17 bits per heavy atom. The van der Waals surface area contributed by atoms with Crippen LogP contribution in [0.1, 0.15) is 6.92 Å². The number of phenolic OH excluding ortho intramolecular Hbond substituents is 1. The number of amides is 2. The van der Waals surface area contributed by atoms with E-state index in [1.165, 1.54) is 18.3 Å². The number of benzene rings is 2. The number of phenols is 1. The molecule has 4 rings (SSSR count).